The predicted molar refractivity (Wildman–Crippen MR) is 91.8 cm³/mol. The maximum absolute atomic E-state index is 12.2. The summed E-state index contributed by atoms with van der Waals surface area (Å²) in [5, 5.41) is 21.0. The van der Waals surface area contributed by atoms with E-state index in [-0.39, 0.29) is 12.0 Å². The Labute approximate surface area is 149 Å². The second kappa shape index (κ2) is 8.18. The molecule has 0 saturated carbocycles. The van der Waals surface area contributed by atoms with Gasteiger partial charge < -0.3 is 15.2 Å². The Morgan fingerprint density at radius 2 is 1.96 bits per heavy atom. The molecule has 1 atom stereocenters. The number of ether oxygens (including phenoxy) is 1. The van der Waals surface area contributed by atoms with Crippen molar-refractivity contribution in [2.45, 2.75) is 12.5 Å². The highest BCUT2D eigenvalue weighted by Gasteiger charge is 2.21. The first-order chi connectivity index (χ1) is 11.9. The first-order valence-electron chi connectivity index (χ1n) is 7.31. The minimum absolute atomic E-state index is 0.0705. The number of rotatable bonds is 6. The monoisotopic (exact) mass is 358 g/mol. The van der Waals surface area contributed by atoms with Gasteiger partial charge in [-0.1, -0.05) is 17.7 Å². The molecule has 1 amide bonds. The van der Waals surface area contributed by atoms with Gasteiger partial charge in [0.25, 0.3) is 5.91 Å². The molecule has 0 bridgehead atoms. The lowest BCUT2D eigenvalue weighted by molar-refractivity contribution is -0.139. The number of halogens is 1. The number of benzene rings is 2. The molecule has 0 aliphatic rings. The molecule has 25 heavy (non-hydrogen) atoms. The molecule has 6 nitrogen and oxygen atoms in total. The number of amides is 1. The highest BCUT2D eigenvalue weighted by molar-refractivity contribution is 6.32. The van der Waals surface area contributed by atoms with Crippen LogP contribution in [0, 0.1) is 11.3 Å². The lowest BCUT2D eigenvalue weighted by Gasteiger charge is -2.15. The normalized spacial score (nSPS) is 11.2. The van der Waals surface area contributed by atoms with Gasteiger partial charge in [0.15, 0.2) is 0 Å². The fraction of sp³-hybridized carbons (Fsp3) is 0.167. The lowest BCUT2D eigenvalue weighted by atomic mass is 10.0. The highest BCUT2D eigenvalue weighted by atomic mass is 35.5. The molecule has 0 aliphatic heterocycles. The van der Waals surface area contributed by atoms with Crippen molar-refractivity contribution in [2.24, 2.45) is 0 Å². The summed E-state index contributed by atoms with van der Waals surface area (Å²) in [6, 6.07) is 11.7. The molecular weight excluding hydrogens is 344 g/mol. The summed E-state index contributed by atoms with van der Waals surface area (Å²) in [5.41, 5.74) is 1.34. The van der Waals surface area contributed by atoms with Crippen LogP contribution in [0.4, 0.5) is 0 Å². The van der Waals surface area contributed by atoms with Gasteiger partial charge in [0.2, 0.25) is 0 Å². The molecule has 128 valence electrons. The number of hydrogen-bond donors (Lipinski definition) is 2. The molecule has 0 saturated heterocycles. The van der Waals surface area contributed by atoms with Gasteiger partial charge in [-0.3, -0.25) is 4.79 Å². The Morgan fingerprint density at radius 1 is 1.28 bits per heavy atom. The van der Waals surface area contributed by atoms with E-state index in [2.05, 4.69) is 5.32 Å². The van der Waals surface area contributed by atoms with Crippen LogP contribution in [0.2, 0.25) is 5.02 Å². The largest absolute Gasteiger partial charge is 0.495 e. The van der Waals surface area contributed by atoms with E-state index in [9.17, 15) is 14.7 Å². The predicted octanol–water partition coefficient (Wildman–Crippen LogP) is 2.65. The molecular formula is C18H15ClN2O4. The number of carbonyl (C=O) groups is 2. The van der Waals surface area contributed by atoms with Crippen molar-refractivity contribution in [1.29, 1.82) is 5.26 Å². The lowest BCUT2D eigenvalue weighted by Crippen LogP contribution is -2.42. The van der Waals surface area contributed by atoms with Crippen LogP contribution < -0.4 is 10.1 Å². The van der Waals surface area contributed by atoms with E-state index in [0.29, 0.717) is 21.9 Å². The number of aliphatic carboxylic acids is 1. The molecule has 0 unspecified atom stereocenters. The molecule has 2 N–H and O–H groups in total. The van der Waals surface area contributed by atoms with Gasteiger partial charge >= 0.3 is 5.97 Å². The molecule has 0 radical (unpaired) electrons. The molecule has 0 spiro atoms. The Kier molecular flexibility index (Phi) is 5.98. The topological polar surface area (TPSA) is 99.4 Å². The third-order valence-electron chi connectivity index (χ3n) is 3.54. The van der Waals surface area contributed by atoms with E-state index in [1.54, 1.807) is 18.2 Å². The molecule has 2 rings (SSSR count). The maximum Gasteiger partial charge on any atom is 0.326 e. The van der Waals surface area contributed by atoms with Crippen LogP contribution in [-0.2, 0) is 11.2 Å². The van der Waals surface area contributed by atoms with E-state index >= 15 is 0 Å². The second-order valence-corrected chi connectivity index (χ2v) is 5.63. The fourth-order valence-corrected chi connectivity index (χ4v) is 2.49. The summed E-state index contributed by atoms with van der Waals surface area (Å²) < 4.78 is 5.05. The molecule has 0 heterocycles. The van der Waals surface area contributed by atoms with Crippen LogP contribution in [-0.4, -0.2) is 30.1 Å². The number of nitrogens with zero attached hydrogens (tertiary/aromatic N) is 1. The third kappa shape index (κ3) is 4.72. The van der Waals surface area contributed by atoms with Gasteiger partial charge in [0, 0.05) is 12.0 Å². The summed E-state index contributed by atoms with van der Waals surface area (Å²) in [6.45, 7) is 0. The average Bonchev–Trinajstić information content (AvgIpc) is 2.61. The zero-order valence-corrected chi connectivity index (χ0v) is 14.1. The highest BCUT2D eigenvalue weighted by Crippen LogP contribution is 2.25. The van der Waals surface area contributed by atoms with Gasteiger partial charge in [-0.05, 0) is 42.0 Å². The molecule has 0 fully saturated rings. The Hall–Kier alpha value is -3.04. The van der Waals surface area contributed by atoms with Gasteiger partial charge in [-0.25, -0.2) is 4.79 Å². The number of carbonyl (C=O) groups excluding carboxylic acids is 1. The van der Waals surface area contributed by atoms with Crippen molar-refractivity contribution in [3.8, 4) is 11.8 Å². The zero-order valence-electron chi connectivity index (χ0n) is 13.3. The van der Waals surface area contributed by atoms with E-state index < -0.39 is 17.9 Å². The number of carboxylic acid groups (broad SMARTS) is 1. The van der Waals surface area contributed by atoms with Crippen LogP contribution in [0.5, 0.6) is 5.75 Å². The van der Waals surface area contributed by atoms with Crippen molar-refractivity contribution in [1.82, 2.24) is 5.32 Å². The van der Waals surface area contributed by atoms with E-state index in [0.717, 1.165) is 0 Å². The SMILES string of the molecule is COc1ccc(C[C@H](NC(=O)c2ccc(C#N)cc2)C(=O)O)cc1Cl. The fourth-order valence-electron chi connectivity index (χ4n) is 2.21. The molecule has 2 aromatic carbocycles. The summed E-state index contributed by atoms with van der Waals surface area (Å²) in [4.78, 5) is 23.7. The van der Waals surface area contributed by atoms with Gasteiger partial charge in [-0.2, -0.15) is 5.26 Å². The van der Waals surface area contributed by atoms with Crippen molar-refractivity contribution >= 4 is 23.5 Å². The smallest absolute Gasteiger partial charge is 0.326 e. The Bertz CT molecular complexity index is 828. The summed E-state index contributed by atoms with van der Waals surface area (Å²) >= 11 is 6.04. The summed E-state index contributed by atoms with van der Waals surface area (Å²) in [7, 11) is 1.48. The minimum atomic E-state index is -1.16. The van der Waals surface area contributed by atoms with Gasteiger partial charge in [0.1, 0.15) is 11.8 Å². The van der Waals surface area contributed by atoms with Crippen molar-refractivity contribution in [3.63, 3.8) is 0 Å². The van der Waals surface area contributed by atoms with Crippen molar-refractivity contribution < 1.29 is 19.4 Å². The molecule has 7 heteroatoms. The van der Waals surface area contributed by atoms with Crippen LogP contribution in [0.3, 0.4) is 0 Å². The van der Waals surface area contributed by atoms with Gasteiger partial charge in [-0.15, -0.1) is 0 Å². The first kappa shape index (κ1) is 18.3. The summed E-state index contributed by atoms with van der Waals surface area (Å²) in [6.07, 6.45) is 0.0705. The number of methoxy groups -OCH3 is 1. The summed E-state index contributed by atoms with van der Waals surface area (Å²) in [5.74, 6) is -1.20. The average molecular weight is 359 g/mol. The number of nitrogens with one attached hydrogen (secondary N) is 1. The Morgan fingerprint density at radius 3 is 2.48 bits per heavy atom. The number of nitriles is 1. The van der Waals surface area contributed by atoms with Crippen LogP contribution >= 0.6 is 11.6 Å². The Balaban J connectivity index is 2.12. The van der Waals surface area contributed by atoms with Crippen LogP contribution in [0.1, 0.15) is 21.5 Å². The number of hydrogen-bond acceptors (Lipinski definition) is 4. The minimum Gasteiger partial charge on any atom is -0.495 e. The van der Waals surface area contributed by atoms with Gasteiger partial charge in [0.05, 0.1) is 23.8 Å². The first-order valence-corrected chi connectivity index (χ1v) is 7.68. The van der Waals surface area contributed by atoms with Crippen LogP contribution in [0.25, 0.3) is 0 Å². The zero-order chi connectivity index (χ0) is 18.4. The van der Waals surface area contributed by atoms with Crippen molar-refractivity contribution in [3.05, 3.63) is 64.2 Å². The molecule has 0 aromatic heterocycles. The van der Waals surface area contributed by atoms with E-state index in [1.165, 1.54) is 31.4 Å². The standard InChI is InChI=1S/C18H15ClN2O4/c1-25-16-7-4-12(8-14(16)19)9-15(18(23)24)21-17(22)13-5-2-11(10-20)3-6-13/h2-8,15H,9H2,1H3,(H,21,22)(H,23,24)/t15-/m0/s1. The molecule has 2 aromatic rings. The van der Waals surface area contributed by atoms with Crippen LogP contribution in [0.15, 0.2) is 42.5 Å². The van der Waals surface area contributed by atoms with E-state index in [1.807, 2.05) is 6.07 Å². The van der Waals surface area contributed by atoms with E-state index in [4.69, 9.17) is 21.6 Å². The second-order valence-electron chi connectivity index (χ2n) is 5.23. The maximum atomic E-state index is 12.2. The quantitative estimate of drug-likeness (QED) is 0.827. The van der Waals surface area contributed by atoms with Crippen molar-refractivity contribution in [2.75, 3.05) is 7.11 Å². The number of carboxylic acids is 1. The molecule has 0 aliphatic carbocycles. The third-order valence-corrected chi connectivity index (χ3v) is 3.83.